The molecule has 21 heavy (non-hydrogen) atoms. The van der Waals surface area contributed by atoms with Crippen LogP contribution < -0.4 is 10.2 Å². The Bertz CT molecular complexity index is 432. The van der Waals surface area contributed by atoms with Gasteiger partial charge in [0.2, 0.25) is 0 Å². The molecule has 0 unspecified atom stereocenters. The first-order chi connectivity index (χ1) is 9.86. The zero-order valence-corrected chi connectivity index (χ0v) is 12.6. The number of piperidine rings is 1. The fourth-order valence-electron chi connectivity index (χ4n) is 2.61. The highest BCUT2D eigenvalue weighted by atomic mass is 19.4. The molecule has 1 aromatic rings. The molecule has 0 spiro atoms. The number of anilines is 1. The Hall–Kier alpha value is -1.23. The molecule has 0 saturated carbocycles. The van der Waals surface area contributed by atoms with Crippen molar-refractivity contribution in [3.8, 4) is 0 Å². The summed E-state index contributed by atoms with van der Waals surface area (Å²) in [5.74, 6) is -1.14. The number of alkyl halides is 3. The van der Waals surface area contributed by atoms with Crippen LogP contribution in [0.2, 0.25) is 0 Å². The van der Waals surface area contributed by atoms with Crippen LogP contribution in [-0.4, -0.2) is 25.3 Å². The third kappa shape index (κ3) is 4.63. The van der Waals surface area contributed by atoms with E-state index in [0.29, 0.717) is 19.1 Å². The molecule has 1 heterocycles. The second kappa shape index (κ2) is 6.69. The van der Waals surface area contributed by atoms with E-state index in [2.05, 4.69) is 19.2 Å². The predicted molar refractivity (Wildman–Crippen MR) is 79.4 cm³/mol. The van der Waals surface area contributed by atoms with Crippen LogP contribution >= 0.6 is 0 Å². The summed E-state index contributed by atoms with van der Waals surface area (Å²) in [5.41, 5.74) is 2.21. The normalized spacial score (nSPS) is 17.5. The van der Waals surface area contributed by atoms with E-state index in [4.69, 9.17) is 0 Å². The number of nitrogens with one attached hydrogen (secondary N) is 1. The Morgan fingerprint density at radius 3 is 2.19 bits per heavy atom. The zero-order chi connectivity index (χ0) is 15.5. The smallest absolute Gasteiger partial charge is 0.372 e. The van der Waals surface area contributed by atoms with Gasteiger partial charge in [0.25, 0.3) is 0 Å². The Morgan fingerprint density at radius 1 is 1.14 bits per heavy atom. The monoisotopic (exact) mass is 300 g/mol. The molecule has 0 radical (unpaired) electrons. The molecule has 1 aromatic carbocycles. The van der Waals surface area contributed by atoms with Crippen molar-refractivity contribution in [1.29, 1.82) is 0 Å². The molecule has 0 bridgehead atoms. The summed E-state index contributed by atoms with van der Waals surface area (Å²) >= 11 is 0. The van der Waals surface area contributed by atoms with Crippen molar-refractivity contribution >= 4 is 5.69 Å². The lowest BCUT2D eigenvalue weighted by Crippen LogP contribution is -2.39. The van der Waals surface area contributed by atoms with Crippen LogP contribution in [0.4, 0.5) is 18.9 Å². The van der Waals surface area contributed by atoms with Gasteiger partial charge in [-0.25, -0.2) is 0 Å². The second-order valence-corrected chi connectivity index (χ2v) is 6.00. The molecule has 1 fully saturated rings. The van der Waals surface area contributed by atoms with E-state index < -0.39 is 12.1 Å². The summed E-state index contributed by atoms with van der Waals surface area (Å²) in [4.78, 5) is 2.04. The molecular formula is C16H23F3N2. The summed E-state index contributed by atoms with van der Waals surface area (Å²) in [5, 5.41) is 3.34. The Labute approximate surface area is 124 Å². The summed E-state index contributed by atoms with van der Waals surface area (Å²) in [6.45, 7) is 5.97. The number of hydrogen-bond acceptors (Lipinski definition) is 2. The maximum Gasteiger partial charge on any atom is 0.391 e. The minimum Gasteiger partial charge on any atom is -0.372 e. The van der Waals surface area contributed by atoms with E-state index in [1.807, 2.05) is 29.2 Å². The van der Waals surface area contributed by atoms with Gasteiger partial charge in [0.1, 0.15) is 0 Å². The lowest BCUT2D eigenvalue weighted by molar-refractivity contribution is -0.179. The zero-order valence-electron chi connectivity index (χ0n) is 12.6. The van der Waals surface area contributed by atoms with Crippen molar-refractivity contribution in [1.82, 2.24) is 5.32 Å². The van der Waals surface area contributed by atoms with Crippen molar-refractivity contribution in [3.63, 3.8) is 0 Å². The van der Waals surface area contributed by atoms with Crippen LogP contribution in [0.5, 0.6) is 0 Å². The average Bonchev–Trinajstić information content (AvgIpc) is 2.45. The standard InChI is InChI=1S/C16H23F3N2/c1-12(2)20-11-13-3-5-15(6-4-13)21-9-7-14(8-10-21)16(17,18)19/h3-6,12,14,20H,7-11H2,1-2H3. The quantitative estimate of drug-likeness (QED) is 0.905. The van der Waals surface area contributed by atoms with Crippen LogP contribution in [0.15, 0.2) is 24.3 Å². The Balaban J connectivity index is 1.89. The van der Waals surface area contributed by atoms with E-state index in [-0.39, 0.29) is 12.8 Å². The van der Waals surface area contributed by atoms with E-state index in [1.54, 1.807) is 0 Å². The van der Waals surface area contributed by atoms with Gasteiger partial charge in [0.15, 0.2) is 0 Å². The molecule has 0 amide bonds. The highest BCUT2D eigenvalue weighted by Crippen LogP contribution is 2.35. The van der Waals surface area contributed by atoms with Gasteiger partial charge in [-0.1, -0.05) is 26.0 Å². The Kier molecular flexibility index (Phi) is 5.14. The van der Waals surface area contributed by atoms with Gasteiger partial charge in [-0.3, -0.25) is 0 Å². The van der Waals surface area contributed by atoms with E-state index >= 15 is 0 Å². The van der Waals surface area contributed by atoms with Gasteiger partial charge < -0.3 is 10.2 Å². The average molecular weight is 300 g/mol. The fourth-order valence-corrected chi connectivity index (χ4v) is 2.61. The van der Waals surface area contributed by atoms with Crippen LogP contribution in [0.25, 0.3) is 0 Å². The molecule has 0 atom stereocenters. The molecule has 2 rings (SSSR count). The largest absolute Gasteiger partial charge is 0.391 e. The molecule has 5 heteroatoms. The fraction of sp³-hybridized carbons (Fsp3) is 0.625. The van der Waals surface area contributed by atoms with Crippen molar-refractivity contribution in [3.05, 3.63) is 29.8 Å². The first-order valence-electron chi connectivity index (χ1n) is 7.50. The molecule has 118 valence electrons. The van der Waals surface area contributed by atoms with E-state index in [0.717, 1.165) is 12.2 Å². The highest BCUT2D eigenvalue weighted by Gasteiger charge is 2.41. The van der Waals surface area contributed by atoms with Crippen LogP contribution in [0.3, 0.4) is 0 Å². The number of halogens is 3. The topological polar surface area (TPSA) is 15.3 Å². The molecule has 0 aliphatic carbocycles. The van der Waals surface area contributed by atoms with Crippen molar-refractivity contribution in [2.45, 2.75) is 45.5 Å². The van der Waals surface area contributed by atoms with E-state index in [9.17, 15) is 13.2 Å². The van der Waals surface area contributed by atoms with Crippen molar-refractivity contribution < 1.29 is 13.2 Å². The van der Waals surface area contributed by atoms with Gasteiger partial charge in [-0.2, -0.15) is 13.2 Å². The van der Waals surface area contributed by atoms with Crippen molar-refractivity contribution in [2.75, 3.05) is 18.0 Å². The SMILES string of the molecule is CC(C)NCc1ccc(N2CCC(C(F)(F)F)CC2)cc1. The molecule has 1 aliphatic rings. The minimum absolute atomic E-state index is 0.195. The molecule has 0 aromatic heterocycles. The number of nitrogens with zero attached hydrogens (tertiary/aromatic N) is 1. The highest BCUT2D eigenvalue weighted by molar-refractivity contribution is 5.48. The lowest BCUT2D eigenvalue weighted by atomic mass is 9.96. The predicted octanol–water partition coefficient (Wildman–Crippen LogP) is 3.96. The second-order valence-electron chi connectivity index (χ2n) is 6.00. The Morgan fingerprint density at radius 2 is 1.71 bits per heavy atom. The summed E-state index contributed by atoms with van der Waals surface area (Å²) in [6, 6.07) is 8.53. The third-order valence-corrected chi connectivity index (χ3v) is 3.97. The van der Waals surface area contributed by atoms with Gasteiger partial charge in [0, 0.05) is 31.4 Å². The summed E-state index contributed by atoms with van der Waals surface area (Å²) in [7, 11) is 0. The first-order valence-corrected chi connectivity index (χ1v) is 7.50. The third-order valence-electron chi connectivity index (χ3n) is 3.97. The lowest BCUT2D eigenvalue weighted by Gasteiger charge is -2.34. The van der Waals surface area contributed by atoms with Gasteiger partial charge in [0.05, 0.1) is 5.92 Å². The maximum absolute atomic E-state index is 12.6. The first kappa shape index (κ1) is 16.1. The molecule has 1 N–H and O–H groups in total. The van der Waals surface area contributed by atoms with Gasteiger partial charge >= 0.3 is 6.18 Å². The summed E-state index contributed by atoms with van der Waals surface area (Å²) < 4.78 is 37.9. The summed E-state index contributed by atoms with van der Waals surface area (Å²) in [6.07, 6.45) is -3.65. The number of rotatable bonds is 4. The number of hydrogen-bond donors (Lipinski definition) is 1. The number of benzene rings is 1. The van der Waals surface area contributed by atoms with Crippen LogP contribution in [0.1, 0.15) is 32.3 Å². The molecule has 1 aliphatic heterocycles. The van der Waals surface area contributed by atoms with Crippen LogP contribution in [0, 0.1) is 5.92 Å². The molecule has 1 saturated heterocycles. The molecular weight excluding hydrogens is 277 g/mol. The van der Waals surface area contributed by atoms with Gasteiger partial charge in [-0.15, -0.1) is 0 Å². The minimum atomic E-state index is -4.04. The van der Waals surface area contributed by atoms with Crippen molar-refractivity contribution in [2.24, 2.45) is 5.92 Å². The molecule has 2 nitrogen and oxygen atoms in total. The van der Waals surface area contributed by atoms with Crippen LogP contribution in [-0.2, 0) is 6.54 Å². The van der Waals surface area contributed by atoms with Gasteiger partial charge in [-0.05, 0) is 30.5 Å². The van der Waals surface area contributed by atoms with E-state index in [1.165, 1.54) is 5.56 Å². The maximum atomic E-state index is 12.6.